The minimum atomic E-state index is 0.737. The highest BCUT2D eigenvalue weighted by Gasteiger charge is 2.43. The van der Waals surface area contributed by atoms with Gasteiger partial charge in [0.15, 0.2) is 0 Å². The first-order chi connectivity index (χ1) is 5.35. The van der Waals surface area contributed by atoms with Crippen LogP contribution in [-0.2, 0) is 0 Å². The van der Waals surface area contributed by atoms with Gasteiger partial charge in [-0.1, -0.05) is 13.3 Å². The zero-order chi connectivity index (χ0) is 7.73. The van der Waals surface area contributed by atoms with Crippen LogP contribution in [-0.4, -0.2) is 0 Å². The van der Waals surface area contributed by atoms with E-state index < -0.39 is 0 Å². The Hall–Kier alpha value is 0. The quantitative estimate of drug-likeness (QED) is 0.578. The number of unbranched alkanes of at least 4 members (excludes halogenated alkanes) is 1. The largest absolute Gasteiger partial charge is 0.0654 e. The molecule has 0 spiro atoms. The Labute approximate surface area is 70.4 Å². The van der Waals surface area contributed by atoms with E-state index in [-0.39, 0.29) is 0 Å². The number of hydrogen-bond acceptors (Lipinski definition) is 0. The van der Waals surface area contributed by atoms with Gasteiger partial charge in [0.1, 0.15) is 0 Å². The molecule has 2 aliphatic rings. The first-order valence-corrected chi connectivity index (χ1v) is 5.19. The molecule has 63 valence electrons. The SMILES string of the molecule is CCC[CH]C12CCC(CC1)C2. The molecule has 0 aliphatic heterocycles. The molecule has 2 rings (SSSR count). The summed E-state index contributed by atoms with van der Waals surface area (Å²) in [4.78, 5) is 0. The summed E-state index contributed by atoms with van der Waals surface area (Å²) in [5.74, 6) is 1.11. The van der Waals surface area contributed by atoms with E-state index >= 15 is 0 Å². The summed E-state index contributed by atoms with van der Waals surface area (Å²) in [6.45, 7) is 2.29. The third kappa shape index (κ3) is 1.32. The van der Waals surface area contributed by atoms with Crippen molar-refractivity contribution in [3.8, 4) is 0 Å². The van der Waals surface area contributed by atoms with E-state index in [0.717, 1.165) is 11.3 Å². The predicted molar refractivity (Wildman–Crippen MR) is 48.2 cm³/mol. The first kappa shape index (κ1) is 7.64. The van der Waals surface area contributed by atoms with E-state index in [2.05, 4.69) is 13.3 Å². The highest BCUT2D eigenvalue weighted by Crippen LogP contribution is 2.56. The van der Waals surface area contributed by atoms with Crippen molar-refractivity contribution in [3.63, 3.8) is 0 Å². The molecular formula is C11H19. The molecule has 0 aromatic rings. The Balaban J connectivity index is 1.89. The maximum absolute atomic E-state index is 2.64. The Kier molecular flexibility index (Phi) is 1.95. The standard InChI is InChI=1S/C11H19/c1-2-3-6-11-7-4-10(9-11)5-8-11/h6,10H,2-5,7-9H2,1H3. The zero-order valence-corrected chi connectivity index (χ0v) is 7.60. The van der Waals surface area contributed by atoms with Gasteiger partial charge >= 0.3 is 0 Å². The van der Waals surface area contributed by atoms with Gasteiger partial charge in [0, 0.05) is 0 Å². The van der Waals surface area contributed by atoms with Crippen molar-refractivity contribution in [3.05, 3.63) is 6.42 Å². The van der Waals surface area contributed by atoms with Gasteiger partial charge in [-0.15, -0.1) is 0 Å². The van der Waals surface area contributed by atoms with Crippen LogP contribution in [0.15, 0.2) is 0 Å². The van der Waals surface area contributed by atoms with Crippen LogP contribution in [0, 0.1) is 17.8 Å². The molecule has 0 atom stereocenters. The van der Waals surface area contributed by atoms with Gasteiger partial charge < -0.3 is 0 Å². The Morgan fingerprint density at radius 3 is 2.55 bits per heavy atom. The van der Waals surface area contributed by atoms with E-state index in [4.69, 9.17) is 0 Å². The molecule has 0 unspecified atom stereocenters. The molecule has 0 aromatic carbocycles. The Morgan fingerprint density at radius 1 is 1.36 bits per heavy atom. The third-order valence-corrected chi connectivity index (χ3v) is 3.66. The second-order valence-electron chi connectivity index (χ2n) is 4.50. The molecule has 2 aliphatic carbocycles. The summed E-state index contributed by atoms with van der Waals surface area (Å²) in [6.07, 6.45) is 12.9. The minimum absolute atomic E-state index is 0.737. The molecular weight excluding hydrogens is 132 g/mol. The number of fused-ring (bicyclic) bond motifs is 2. The molecule has 0 heterocycles. The summed E-state index contributed by atoms with van der Waals surface area (Å²) in [5, 5.41) is 0. The summed E-state index contributed by atoms with van der Waals surface area (Å²) in [7, 11) is 0. The van der Waals surface area contributed by atoms with Crippen molar-refractivity contribution in [2.24, 2.45) is 11.3 Å². The number of hydrogen-bond donors (Lipinski definition) is 0. The highest BCUT2D eigenvalue weighted by molar-refractivity contribution is 5.03. The summed E-state index contributed by atoms with van der Waals surface area (Å²) < 4.78 is 0. The molecule has 0 N–H and O–H groups in total. The fourth-order valence-electron chi connectivity index (χ4n) is 2.97. The summed E-state index contributed by atoms with van der Waals surface area (Å²) in [6, 6.07) is 0. The van der Waals surface area contributed by atoms with Crippen LogP contribution in [0.4, 0.5) is 0 Å². The second kappa shape index (κ2) is 2.80. The maximum atomic E-state index is 2.64. The van der Waals surface area contributed by atoms with E-state index in [1.165, 1.54) is 44.9 Å². The average Bonchev–Trinajstić information content (AvgIpc) is 2.60. The van der Waals surface area contributed by atoms with Crippen LogP contribution < -0.4 is 0 Å². The maximum Gasteiger partial charge on any atom is -0.0263 e. The van der Waals surface area contributed by atoms with Crippen molar-refractivity contribution in [2.75, 3.05) is 0 Å². The van der Waals surface area contributed by atoms with Crippen molar-refractivity contribution in [1.29, 1.82) is 0 Å². The van der Waals surface area contributed by atoms with Crippen LogP contribution in [0.25, 0.3) is 0 Å². The van der Waals surface area contributed by atoms with Gasteiger partial charge in [0.05, 0.1) is 0 Å². The Bertz CT molecular complexity index is 129. The summed E-state index contributed by atoms with van der Waals surface area (Å²) >= 11 is 0. The van der Waals surface area contributed by atoms with Crippen molar-refractivity contribution in [1.82, 2.24) is 0 Å². The second-order valence-corrected chi connectivity index (χ2v) is 4.50. The van der Waals surface area contributed by atoms with Gasteiger partial charge in [0.2, 0.25) is 0 Å². The van der Waals surface area contributed by atoms with Gasteiger partial charge in [-0.2, -0.15) is 0 Å². The van der Waals surface area contributed by atoms with Crippen LogP contribution >= 0.6 is 0 Å². The average molecular weight is 151 g/mol. The van der Waals surface area contributed by atoms with Crippen LogP contribution in [0.2, 0.25) is 0 Å². The molecule has 2 fully saturated rings. The number of rotatable bonds is 3. The monoisotopic (exact) mass is 151 g/mol. The lowest BCUT2D eigenvalue weighted by Gasteiger charge is -2.25. The summed E-state index contributed by atoms with van der Waals surface area (Å²) in [5.41, 5.74) is 0.737. The lowest BCUT2D eigenvalue weighted by atomic mass is 9.80. The Morgan fingerprint density at radius 2 is 2.09 bits per heavy atom. The molecule has 11 heavy (non-hydrogen) atoms. The lowest BCUT2D eigenvalue weighted by molar-refractivity contribution is 0.341. The molecule has 1 radical (unpaired) electrons. The zero-order valence-electron chi connectivity index (χ0n) is 7.60. The minimum Gasteiger partial charge on any atom is -0.0654 e. The first-order valence-electron chi connectivity index (χ1n) is 5.19. The molecule has 0 nitrogen and oxygen atoms in total. The van der Waals surface area contributed by atoms with Crippen molar-refractivity contribution >= 4 is 0 Å². The van der Waals surface area contributed by atoms with Gasteiger partial charge in [-0.05, 0) is 56.3 Å². The van der Waals surface area contributed by atoms with E-state index in [1.807, 2.05) is 0 Å². The highest BCUT2D eigenvalue weighted by atomic mass is 14.5. The normalized spacial score (nSPS) is 41.7. The van der Waals surface area contributed by atoms with E-state index in [1.54, 1.807) is 0 Å². The molecule has 2 bridgehead atoms. The molecule has 2 saturated carbocycles. The van der Waals surface area contributed by atoms with Crippen LogP contribution in [0.5, 0.6) is 0 Å². The predicted octanol–water partition coefficient (Wildman–Crippen LogP) is 3.57. The fourth-order valence-corrected chi connectivity index (χ4v) is 2.97. The van der Waals surface area contributed by atoms with Gasteiger partial charge in [-0.25, -0.2) is 0 Å². The molecule has 0 amide bonds. The van der Waals surface area contributed by atoms with Crippen molar-refractivity contribution < 1.29 is 0 Å². The van der Waals surface area contributed by atoms with Crippen LogP contribution in [0.3, 0.4) is 0 Å². The van der Waals surface area contributed by atoms with E-state index in [9.17, 15) is 0 Å². The topological polar surface area (TPSA) is 0 Å². The fraction of sp³-hybridized carbons (Fsp3) is 0.909. The smallest absolute Gasteiger partial charge is 0.0263 e. The molecule has 0 saturated heterocycles. The molecule has 0 aromatic heterocycles. The molecule has 0 heteroatoms. The third-order valence-electron chi connectivity index (χ3n) is 3.66. The van der Waals surface area contributed by atoms with Gasteiger partial charge in [-0.3, -0.25) is 0 Å². The van der Waals surface area contributed by atoms with Gasteiger partial charge in [0.25, 0.3) is 0 Å². The van der Waals surface area contributed by atoms with E-state index in [0.29, 0.717) is 0 Å². The lowest BCUT2D eigenvalue weighted by Crippen LogP contribution is -2.13. The van der Waals surface area contributed by atoms with Crippen LogP contribution in [0.1, 0.15) is 51.9 Å². The van der Waals surface area contributed by atoms with Crippen molar-refractivity contribution in [2.45, 2.75) is 51.9 Å².